The third-order valence-corrected chi connectivity index (χ3v) is 5.81. The summed E-state index contributed by atoms with van der Waals surface area (Å²) >= 11 is 0. The molecule has 3 rings (SSSR count). The Hall–Kier alpha value is -3.13. The van der Waals surface area contributed by atoms with Crippen molar-refractivity contribution >= 4 is 21.7 Å². The van der Waals surface area contributed by atoms with Gasteiger partial charge in [0.25, 0.3) is 11.8 Å². The fourth-order valence-corrected chi connectivity index (χ4v) is 4.12. The van der Waals surface area contributed by atoms with Gasteiger partial charge in [0.2, 0.25) is 0 Å². The number of aliphatic hydroxyl groups excluding tert-OH is 1. The van der Waals surface area contributed by atoms with Gasteiger partial charge in [-0.2, -0.15) is 0 Å². The van der Waals surface area contributed by atoms with Gasteiger partial charge in [-0.1, -0.05) is 42.5 Å². The number of nitrogens with one attached hydrogen (secondary N) is 1. The van der Waals surface area contributed by atoms with Gasteiger partial charge in [0.15, 0.2) is 15.6 Å². The SMILES string of the molecule is C[C@@H](NC(=O)C1=C(O)C(=O)N(C)C1)c1cccc(-c2ccc(CS(C)(=O)=O)cc2)c1. The molecular weight excluding hydrogens is 404 g/mol. The van der Waals surface area contributed by atoms with Crippen LogP contribution < -0.4 is 5.32 Å². The Kier molecular flexibility index (Phi) is 5.98. The van der Waals surface area contributed by atoms with E-state index < -0.39 is 27.4 Å². The summed E-state index contributed by atoms with van der Waals surface area (Å²) in [6.45, 7) is 1.90. The fourth-order valence-electron chi connectivity index (χ4n) is 3.32. The van der Waals surface area contributed by atoms with E-state index >= 15 is 0 Å². The molecular formula is C22H24N2O5S. The van der Waals surface area contributed by atoms with Crippen molar-refractivity contribution in [3.8, 4) is 11.1 Å². The Labute approximate surface area is 175 Å². The van der Waals surface area contributed by atoms with E-state index in [4.69, 9.17) is 0 Å². The number of sulfone groups is 1. The van der Waals surface area contributed by atoms with Crippen molar-refractivity contribution in [2.45, 2.75) is 18.7 Å². The minimum atomic E-state index is -3.09. The van der Waals surface area contributed by atoms with Gasteiger partial charge in [0.05, 0.1) is 23.9 Å². The van der Waals surface area contributed by atoms with E-state index in [1.54, 1.807) is 12.1 Å². The zero-order chi connectivity index (χ0) is 22.1. The predicted octanol–water partition coefficient (Wildman–Crippen LogP) is 2.36. The third kappa shape index (κ3) is 4.88. The van der Waals surface area contributed by atoms with Crippen molar-refractivity contribution in [3.63, 3.8) is 0 Å². The van der Waals surface area contributed by atoms with Gasteiger partial charge in [0, 0.05) is 13.3 Å². The normalized spacial score (nSPS) is 15.4. The van der Waals surface area contributed by atoms with Crippen molar-refractivity contribution in [2.75, 3.05) is 19.8 Å². The topological polar surface area (TPSA) is 104 Å². The molecule has 2 aromatic rings. The van der Waals surface area contributed by atoms with Crippen molar-refractivity contribution in [1.29, 1.82) is 0 Å². The maximum absolute atomic E-state index is 12.5. The first-order valence-electron chi connectivity index (χ1n) is 9.40. The van der Waals surface area contributed by atoms with E-state index in [1.165, 1.54) is 18.2 Å². The number of nitrogens with zero attached hydrogens (tertiary/aromatic N) is 1. The molecule has 8 heteroatoms. The van der Waals surface area contributed by atoms with Crippen molar-refractivity contribution in [2.24, 2.45) is 0 Å². The van der Waals surface area contributed by atoms with Gasteiger partial charge in [-0.05, 0) is 35.2 Å². The van der Waals surface area contributed by atoms with Crippen LogP contribution in [0.4, 0.5) is 0 Å². The van der Waals surface area contributed by atoms with E-state index in [0.29, 0.717) is 0 Å². The minimum Gasteiger partial charge on any atom is -0.503 e. The molecule has 2 amide bonds. The number of rotatable bonds is 6. The summed E-state index contributed by atoms with van der Waals surface area (Å²) < 4.78 is 22.9. The van der Waals surface area contributed by atoms with Gasteiger partial charge >= 0.3 is 0 Å². The van der Waals surface area contributed by atoms with Crippen LogP contribution in [-0.4, -0.2) is 50.1 Å². The average molecular weight is 429 g/mol. The highest BCUT2D eigenvalue weighted by Gasteiger charge is 2.32. The van der Waals surface area contributed by atoms with E-state index in [9.17, 15) is 23.1 Å². The van der Waals surface area contributed by atoms with Crippen LogP contribution in [0.3, 0.4) is 0 Å². The van der Waals surface area contributed by atoms with Crippen LogP contribution in [0.2, 0.25) is 0 Å². The molecule has 1 atom stereocenters. The van der Waals surface area contributed by atoms with Crippen molar-refractivity contribution in [3.05, 3.63) is 71.0 Å². The number of amides is 2. The summed E-state index contributed by atoms with van der Waals surface area (Å²) in [5.41, 5.74) is 3.50. The van der Waals surface area contributed by atoms with Crippen LogP contribution in [-0.2, 0) is 25.2 Å². The number of benzene rings is 2. The van der Waals surface area contributed by atoms with Crippen molar-refractivity contribution < 1.29 is 23.1 Å². The summed E-state index contributed by atoms with van der Waals surface area (Å²) in [6, 6.07) is 14.6. The number of aliphatic hydroxyl groups is 1. The first-order valence-corrected chi connectivity index (χ1v) is 11.5. The van der Waals surface area contributed by atoms with Crippen LogP contribution >= 0.6 is 0 Å². The summed E-state index contributed by atoms with van der Waals surface area (Å²) in [6.07, 6.45) is 1.20. The summed E-state index contributed by atoms with van der Waals surface area (Å²) in [5.74, 6) is -1.55. The lowest BCUT2D eigenvalue weighted by molar-refractivity contribution is -0.126. The van der Waals surface area contributed by atoms with Gasteiger partial charge in [0.1, 0.15) is 0 Å². The van der Waals surface area contributed by atoms with Crippen LogP contribution in [0.1, 0.15) is 24.1 Å². The highest BCUT2D eigenvalue weighted by atomic mass is 32.2. The van der Waals surface area contributed by atoms with Gasteiger partial charge < -0.3 is 15.3 Å². The predicted molar refractivity (Wildman–Crippen MR) is 114 cm³/mol. The minimum absolute atomic E-state index is 0.00320. The number of carbonyl (C=O) groups is 2. The largest absolute Gasteiger partial charge is 0.503 e. The summed E-state index contributed by atoms with van der Waals surface area (Å²) in [7, 11) is -1.57. The number of hydrogen-bond acceptors (Lipinski definition) is 5. The van der Waals surface area contributed by atoms with Crippen LogP contribution in [0.15, 0.2) is 59.9 Å². The Morgan fingerprint density at radius 3 is 2.40 bits per heavy atom. The molecule has 2 aromatic carbocycles. The van der Waals surface area contributed by atoms with E-state index in [1.807, 2.05) is 43.3 Å². The maximum Gasteiger partial charge on any atom is 0.289 e. The zero-order valence-electron chi connectivity index (χ0n) is 17.0. The molecule has 1 aliphatic heterocycles. The molecule has 0 fully saturated rings. The smallest absolute Gasteiger partial charge is 0.289 e. The van der Waals surface area contributed by atoms with E-state index in [0.717, 1.165) is 22.3 Å². The van der Waals surface area contributed by atoms with Crippen LogP contribution in [0.5, 0.6) is 0 Å². The fraction of sp³-hybridized carbons (Fsp3) is 0.273. The van der Waals surface area contributed by atoms with E-state index in [2.05, 4.69) is 5.32 Å². The molecule has 0 aromatic heterocycles. The number of hydrogen-bond donors (Lipinski definition) is 2. The zero-order valence-corrected chi connectivity index (χ0v) is 17.9. The van der Waals surface area contributed by atoms with Gasteiger partial charge in [-0.3, -0.25) is 9.59 Å². The molecule has 0 spiro atoms. The first kappa shape index (κ1) is 21.6. The Balaban J connectivity index is 1.75. The molecule has 0 saturated carbocycles. The highest BCUT2D eigenvalue weighted by Crippen LogP contribution is 2.25. The second-order valence-electron chi connectivity index (χ2n) is 7.58. The molecule has 1 aliphatic rings. The van der Waals surface area contributed by atoms with E-state index in [-0.39, 0.29) is 23.9 Å². The Morgan fingerprint density at radius 2 is 1.83 bits per heavy atom. The molecule has 1 heterocycles. The highest BCUT2D eigenvalue weighted by molar-refractivity contribution is 7.89. The second-order valence-corrected chi connectivity index (χ2v) is 9.72. The van der Waals surface area contributed by atoms with Crippen molar-refractivity contribution in [1.82, 2.24) is 10.2 Å². The number of likely N-dealkylation sites (N-methyl/N-ethyl adjacent to an activating group) is 1. The van der Waals surface area contributed by atoms with Gasteiger partial charge in [-0.15, -0.1) is 0 Å². The molecule has 30 heavy (non-hydrogen) atoms. The maximum atomic E-state index is 12.5. The lowest BCUT2D eigenvalue weighted by Crippen LogP contribution is -2.30. The molecule has 2 N–H and O–H groups in total. The Bertz CT molecular complexity index is 1120. The monoisotopic (exact) mass is 428 g/mol. The number of carbonyl (C=O) groups excluding carboxylic acids is 2. The molecule has 0 aliphatic carbocycles. The molecule has 0 saturated heterocycles. The quantitative estimate of drug-likeness (QED) is 0.735. The molecule has 0 bridgehead atoms. The standard InChI is InChI=1S/C22H24N2O5S/c1-14(23-21(26)19-12-24(2)22(27)20(19)25)17-5-4-6-18(11-17)16-9-7-15(8-10-16)13-30(3,28)29/h4-11,14,25H,12-13H2,1-3H3,(H,23,26)/t14-/m1/s1. The molecule has 158 valence electrons. The summed E-state index contributed by atoms with van der Waals surface area (Å²) in [5, 5.41) is 12.7. The molecule has 7 nitrogen and oxygen atoms in total. The molecule has 0 radical (unpaired) electrons. The van der Waals surface area contributed by atoms with Gasteiger partial charge in [-0.25, -0.2) is 8.42 Å². The third-order valence-electron chi connectivity index (χ3n) is 4.95. The summed E-state index contributed by atoms with van der Waals surface area (Å²) in [4.78, 5) is 25.4. The second kappa shape index (κ2) is 8.31. The lowest BCUT2D eigenvalue weighted by Gasteiger charge is -2.16. The molecule has 0 unspecified atom stereocenters. The average Bonchev–Trinajstić information content (AvgIpc) is 2.95. The Morgan fingerprint density at radius 1 is 1.17 bits per heavy atom. The lowest BCUT2D eigenvalue weighted by atomic mass is 9.99. The first-order chi connectivity index (χ1) is 14.0. The van der Waals surface area contributed by atoms with Crippen LogP contribution in [0, 0.1) is 0 Å². The van der Waals surface area contributed by atoms with Crippen LogP contribution in [0.25, 0.3) is 11.1 Å².